The molecule has 3 rings (SSSR count). The molecule has 2 aromatic carbocycles. The van der Waals surface area contributed by atoms with Crippen LogP contribution in [0.2, 0.25) is 0 Å². The lowest BCUT2D eigenvalue weighted by Crippen LogP contribution is -2.11. The number of benzene rings is 2. The molecule has 1 N–H and O–H groups in total. The summed E-state index contributed by atoms with van der Waals surface area (Å²) >= 11 is 1.38. The summed E-state index contributed by atoms with van der Waals surface area (Å²) in [5.74, 6) is -0.351. The van der Waals surface area contributed by atoms with Crippen molar-refractivity contribution in [3.05, 3.63) is 53.6 Å². The fourth-order valence-corrected chi connectivity index (χ4v) is 3.00. The number of halogens is 2. The van der Waals surface area contributed by atoms with E-state index < -0.39 is 6.61 Å². The molecular weight excluding hydrogens is 322 g/mol. The zero-order valence-corrected chi connectivity index (χ0v) is 12.9. The van der Waals surface area contributed by atoms with E-state index in [-0.39, 0.29) is 11.7 Å². The van der Waals surface area contributed by atoms with Gasteiger partial charge in [-0.3, -0.25) is 10.1 Å². The van der Waals surface area contributed by atoms with Gasteiger partial charge in [0.1, 0.15) is 5.75 Å². The van der Waals surface area contributed by atoms with Crippen molar-refractivity contribution in [2.24, 2.45) is 0 Å². The van der Waals surface area contributed by atoms with Crippen LogP contribution in [0, 0.1) is 6.92 Å². The monoisotopic (exact) mass is 334 g/mol. The van der Waals surface area contributed by atoms with E-state index in [0.29, 0.717) is 10.7 Å². The number of rotatable bonds is 4. The Morgan fingerprint density at radius 1 is 1.22 bits per heavy atom. The van der Waals surface area contributed by atoms with Crippen molar-refractivity contribution in [1.82, 2.24) is 4.98 Å². The number of carbonyl (C=O) groups is 1. The molecule has 0 radical (unpaired) electrons. The van der Waals surface area contributed by atoms with Gasteiger partial charge in [-0.2, -0.15) is 8.78 Å². The zero-order valence-electron chi connectivity index (χ0n) is 12.0. The van der Waals surface area contributed by atoms with Crippen LogP contribution in [0.1, 0.15) is 15.9 Å². The van der Waals surface area contributed by atoms with Crippen LogP contribution in [0.25, 0.3) is 10.2 Å². The van der Waals surface area contributed by atoms with Gasteiger partial charge in [-0.15, -0.1) is 0 Å². The van der Waals surface area contributed by atoms with Crippen LogP contribution >= 0.6 is 11.3 Å². The summed E-state index contributed by atoms with van der Waals surface area (Å²) in [5.41, 5.74) is 2.27. The highest BCUT2D eigenvalue weighted by Gasteiger charge is 2.11. The predicted octanol–water partition coefficient (Wildman–Crippen LogP) is 4.46. The van der Waals surface area contributed by atoms with Gasteiger partial charge in [0, 0.05) is 5.56 Å². The van der Waals surface area contributed by atoms with E-state index in [1.807, 2.05) is 25.1 Å². The molecule has 0 saturated carbocycles. The Labute approximate surface area is 134 Å². The highest BCUT2D eigenvalue weighted by atomic mass is 32.1. The summed E-state index contributed by atoms with van der Waals surface area (Å²) in [6.07, 6.45) is 0. The Kier molecular flexibility index (Phi) is 4.20. The van der Waals surface area contributed by atoms with Crippen molar-refractivity contribution in [2.45, 2.75) is 13.5 Å². The third-order valence-electron chi connectivity index (χ3n) is 3.11. The van der Waals surface area contributed by atoms with Gasteiger partial charge in [0.2, 0.25) is 0 Å². The summed E-state index contributed by atoms with van der Waals surface area (Å²) in [6.45, 7) is -0.902. The van der Waals surface area contributed by atoms with E-state index >= 15 is 0 Å². The molecule has 0 aliphatic carbocycles. The van der Waals surface area contributed by atoms with Crippen molar-refractivity contribution < 1.29 is 18.3 Å². The van der Waals surface area contributed by atoms with Crippen LogP contribution in [-0.2, 0) is 0 Å². The Hall–Kier alpha value is -2.54. The molecule has 0 atom stereocenters. The largest absolute Gasteiger partial charge is 0.435 e. The lowest BCUT2D eigenvalue weighted by atomic mass is 10.2. The van der Waals surface area contributed by atoms with E-state index in [1.165, 1.54) is 35.6 Å². The summed E-state index contributed by atoms with van der Waals surface area (Å²) in [5, 5.41) is 3.20. The number of thiazole rings is 1. The maximum absolute atomic E-state index is 12.2. The van der Waals surface area contributed by atoms with Crippen molar-refractivity contribution in [2.75, 3.05) is 5.32 Å². The molecule has 23 heavy (non-hydrogen) atoms. The van der Waals surface area contributed by atoms with Gasteiger partial charge < -0.3 is 4.74 Å². The van der Waals surface area contributed by atoms with Gasteiger partial charge >= 0.3 is 6.61 Å². The van der Waals surface area contributed by atoms with Crippen molar-refractivity contribution >= 4 is 32.6 Å². The average molecular weight is 334 g/mol. The number of aryl methyl sites for hydroxylation is 1. The smallest absolute Gasteiger partial charge is 0.387 e. The van der Waals surface area contributed by atoms with Crippen molar-refractivity contribution in [3.8, 4) is 5.75 Å². The molecule has 0 unspecified atom stereocenters. The van der Waals surface area contributed by atoms with E-state index in [4.69, 9.17) is 0 Å². The average Bonchev–Trinajstić information content (AvgIpc) is 2.88. The minimum atomic E-state index is -2.89. The standard InChI is InChI=1S/C16H12F2N2O2S/c1-9-2-7-12-13(8-9)23-16(19-12)20-14(21)10-3-5-11(6-4-10)22-15(17)18/h2-8,15H,1H3,(H,19,20,21). The summed E-state index contributed by atoms with van der Waals surface area (Å²) in [4.78, 5) is 16.5. The fourth-order valence-electron chi connectivity index (χ4n) is 2.04. The van der Waals surface area contributed by atoms with E-state index in [1.54, 1.807) is 0 Å². The van der Waals surface area contributed by atoms with Gasteiger partial charge in [-0.05, 0) is 48.9 Å². The number of ether oxygens (including phenoxy) is 1. The van der Waals surface area contributed by atoms with E-state index in [9.17, 15) is 13.6 Å². The first-order valence-electron chi connectivity index (χ1n) is 6.75. The fraction of sp³-hybridized carbons (Fsp3) is 0.125. The number of fused-ring (bicyclic) bond motifs is 1. The maximum Gasteiger partial charge on any atom is 0.387 e. The van der Waals surface area contributed by atoms with Gasteiger partial charge in [-0.1, -0.05) is 17.4 Å². The maximum atomic E-state index is 12.2. The SMILES string of the molecule is Cc1ccc2nc(NC(=O)c3ccc(OC(F)F)cc3)sc2c1. The Morgan fingerprint density at radius 2 is 1.96 bits per heavy atom. The molecule has 3 aromatic rings. The number of hydrogen-bond acceptors (Lipinski definition) is 4. The van der Waals surface area contributed by atoms with Gasteiger partial charge in [0.15, 0.2) is 5.13 Å². The quantitative estimate of drug-likeness (QED) is 0.766. The van der Waals surface area contributed by atoms with Gasteiger partial charge in [0.05, 0.1) is 10.2 Å². The van der Waals surface area contributed by atoms with Gasteiger partial charge in [0.25, 0.3) is 5.91 Å². The van der Waals surface area contributed by atoms with E-state index in [0.717, 1.165) is 15.8 Å². The minimum Gasteiger partial charge on any atom is -0.435 e. The minimum absolute atomic E-state index is 0.00649. The number of hydrogen-bond donors (Lipinski definition) is 1. The van der Waals surface area contributed by atoms with Crippen LogP contribution in [0.15, 0.2) is 42.5 Å². The van der Waals surface area contributed by atoms with Gasteiger partial charge in [-0.25, -0.2) is 4.98 Å². The van der Waals surface area contributed by atoms with E-state index in [2.05, 4.69) is 15.0 Å². The molecule has 0 spiro atoms. The first-order chi connectivity index (χ1) is 11.0. The number of anilines is 1. The molecular formula is C16H12F2N2O2S. The van der Waals surface area contributed by atoms with Crippen molar-refractivity contribution in [3.63, 3.8) is 0 Å². The second-order valence-electron chi connectivity index (χ2n) is 4.85. The normalized spacial score (nSPS) is 11.0. The van der Waals surface area contributed by atoms with Crippen LogP contribution in [0.4, 0.5) is 13.9 Å². The number of nitrogens with one attached hydrogen (secondary N) is 1. The third-order valence-corrected chi connectivity index (χ3v) is 4.04. The molecule has 0 bridgehead atoms. The topological polar surface area (TPSA) is 51.2 Å². The summed E-state index contributed by atoms with van der Waals surface area (Å²) in [7, 11) is 0. The molecule has 0 aliphatic rings. The molecule has 0 aliphatic heterocycles. The molecule has 118 valence electrons. The third kappa shape index (κ3) is 3.62. The molecule has 0 saturated heterocycles. The molecule has 1 heterocycles. The Balaban J connectivity index is 1.74. The van der Waals surface area contributed by atoms with Crippen LogP contribution in [0.3, 0.4) is 0 Å². The lowest BCUT2D eigenvalue weighted by molar-refractivity contribution is -0.0498. The predicted molar refractivity (Wildman–Crippen MR) is 85.4 cm³/mol. The van der Waals surface area contributed by atoms with Crippen LogP contribution in [0.5, 0.6) is 5.75 Å². The molecule has 1 amide bonds. The lowest BCUT2D eigenvalue weighted by Gasteiger charge is -2.05. The van der Waals surface area contributed by atoms with Crippen LogP contribution < -0.4 is 10.1 Å². The summed E-state index contributed by atoms with van der Waals surface area (Å²) in [6, 6.07) is 11.3. The number of alkyl halides is 2. The second kappa shape index (κ2) is 6.29. The highest BCUT2D eigenvalue weighted by molar-refractivity contribution is 7.22. The molecule has 1 aromatic heterocycles. The number of amides is 1. The number of aromatic nitrogens is 1. The zero-order chi connectivity index (χ0) is 16.4. The number of carbonyl (C=O) groups excluding carboxylic acids is 1. The molecule has 7 heteroatoms. The first kappa shape index (κ1) is 15.4. The summed E-state index contributed by atoms with van der Waals surface area (Å²) < 4.78 is 29.4. The molecule has 0 fully saturated rings. The number of nitrogens with zero attached hydrogens (tertiary/aromatic N) is 1. The highest BCUT2D eigenvalue weighted by Crippen LogP contribution is 2.27. The van der Waals surface area contributed by atoms with Crippen LogP contribution in [-0.4, -0.2) is 17.5 Å². The Morgan fingerprint density at radius 3 is 2.65 bits per heavy atom. The first-order valence-corrected chi connectivity index (χ1v) is 7.56. The van der Waals surface area contributed by atoms with Crippen molar-refractivity contribution in [1.29, 1.82) is 0 Å². The second-order valence-corrected chi connectivity index (χ2v) is 5.88. The Bertz CT molecular complexity index is 847. The molecule has 4 nitrogen and oxygen atoms in total.